The van der Waals surface area contributed by atoms with Crippen LogP contribution >= 0.6 is 0 Å². The number of hydrogen-bond donors (Lipinski definition) is 1. The second kappa shape index (κ2) is 13.6. The quantitative estimate of drug-likeness (QED) is 0.366. The summed E-state index contributed by atoms with van der Waals surface area (Å²) in [6.07, 6.45) is 0.664. The van der Waals surface area contributed by atoms with E-state index in [9.17, 15) is 19.2 Å². The van der Waals surface area contributed by atoms with Gasteiger partial charge in [-0.1, -0.05) is 32.0 Å². The number of amides is 2. The highest BCUT2D eigenvalue weighted by molar-refractivity contribution is 6.14. The number of hydrogen-bond acceptors (Lipinski definition) is 8. The normalized spacial score (nSPS) is 10.2. The molecule has 34 heavy (non-hydrogen) atoms. The largest absolute Gasteiger partial charge is 0.490 e. The first-order chi connectivity index (χ1) is 16.4. The zero-order valence-electron chi connectivity index (χ0n) is 19.6. The fraction of sp³-hybridized carbons (Fsp3) is 0.360. The molecular weight excluding hydrogens is 442 g/mol. The van der Waals surface area contributed by atoms with Crippen LogP contribution in [-0.4, -0.2) is 50.2 Å². The maximum absolute atomic E-state index is 13.2. The Hall–Kier alpha value is -3.88. The Balaban J connectivity index is 2.20. The Kier molecular flexibility index (Phi) is 10.6. The molecule has 2 aromatic carbocycles. The highest BCUT2D eigenvalue weighted by Crippen LogP contribution is 2.30. The maximum atomic E-state index is 13.2. The molecule has 0 spiro atoms. The first-order valence-electron chi connectivity index (χ1n) is 11.1. The topological polar surface area (TPSA) is 117 Å². The number of rotatable bonds is 12. The summed E-state index contributed by atoms with van der Waals surface area (Å²) in [6, 6.07) is 10.9. The van der Waals surface area contributed by atoms with E-state index in [0.717, 1.165) is 12.8 Å². The van der Waals surface area contributed by atoms with Crippen molar-refractivity contribution in [1.82, 2.24) is 5.32 Å². The van der Waals surface area contributed by atoms with Gasteiger partial charge < -0.3 is 18.9 Å². The Bertz CT molecular complexity index is 1020. The Morgan fingerprint density at radius 2 is 1.44 bits per heavy atom. The zero-order valence-corrected chi connectivity index (χ0v) is 19.6. The number of benzene rings is 2. The predicted molar refractivity (Wildman–Crippen MR) is 123 cm³/mol. The van der Waals surface area contributed by atoms with Crippen molar-refractivity contribution in [2.45, 2.75) is 33.6 Å². The lowest BCUT2D eigenvalue weighted by Crippen LogP contribution is -2.34. The van der Waals surface area contributed by atoms with E-state index < -0.39 is 30.4 Å². The molecule has 0 saturated carbocycles. The van der Waals surface area contributed by atoms with Crippen LogP contribution in [0, 0.1) is 0 Å². The maximum Gasteiger partial charge on any atom is 0.413 e. The lowest BCUT2D eigenvalue weighted by atomic mass is 9.98. The average Bonchev–Trinajstić information content (AvgIpc) is 2.84. The molecule has 0 heterocycles. The number of esters is 1. The van der Waals surface area contributed by atoms with Gasteiger partial charge in [-0.2, -0.15) is 0 Å². The van der Waals surface area contributed by atoms with Crippen LogP contribution in [0.25, 0.3) is 0 Å². The smallest absolute Gasteiger partial charge is 0.413 e. The minimum Gasteiger partial charge on any atom is -0.490 e. The van der Waals surface area contributed by atoms with Gasteiger partial charge in [-0.15, -0.1) is 0 Å². The molecule has 0 aromatic heterocycles. The summed E-state index contributed by atoms with van der Waals surface area (Å²) < 4.78 is 21.0. The second-order valence-electron chi connectivity index (χ2n) is 7.08. The number of imide groups is 1. The van der Waals surface area contributed by atoms with Crippen LogP contribution in [0.1, 0.15) is 59.9 Å². The molecule has 0 saturated heterocycles. The molecule has 0 aliphatic rings. The third kappa shape index (κ3) is 7.61. The SMILES string of the molecule is CCCOc1ccc(C(=O)c2ccccc2C(=O)OCC(=O)NC(=O)OCC)cc1OCCC. The lowest BCUT2D eigenvalue weighted by molar-refractivity contribution is -0.123. The minimum atomic E-state index is -0.938. The monoisotopic (exact) mass is 471 g/mol. The number of carbonyl (C=O) groups excluding carboxylic acids is 4. The molecule has 182 valence electrons. The summed E-state index contributed by atoms with van der Waals surface area (Å²) in [5.74, 6) is -1.18. The predicted octanol–water partition coefficient (Wildman–Crippen LogP) is 3.92. The Morgan fingerprint density at radius 1 is 0.794 bits per heavy atom. The van der Waals surface area contributed by atoms with Crippen molar-refractivity contribution in [3.05, 3.63) is 59.2 Å². The minimum absolute atomic E-state index is 0.0150. The van der Waals surface area contributed by atoms with E-state index in [1.165, 1.54) is 12.1 Å². The van der Waals surface area contributed by atoms with Gasteiger partial charge >= 0.3 is 12.1 Å². The molecule has 0 aliphatic carbocycles. The van der Waals surface area contributed by atoms with Gasteiger partial charge in [0.15, 0.2) is 23.9 Å². The molecule has 2 rings (SSSR count). The van der Waals surface area contributed by atoms with Gasteiger partial charge in [-0.05, 0) is 44.0 Å². The van der Waals surface area contributed by atoms with Crippen LogP contribution in [-0.2, 0) is 14.3 Å². The Morgan fingerprint density at radius 3 is 2.09 bits per heavy atom. The van der Waals surface area contributed by atoms with Gasteiger partial charge in [0.25, 0.3) is 5.91 Å². The second-order valence-corrected chi connectivity index (χ2v) is 7.08. The molecule has 9 heteroatoms. The van der Waals surface area contributed by atoms with Crippen molar-refractivity contribution in [3.63, 3.8) is 0 Å². The molecule has 0 atom stereocenters. The lowest BCUT2D eigenvalue weighted by Gasteiger charge is -2.14. The molecule has 9 nitrogen and oxygen atoms in total. The summed E-state index contributed by atoms with van der Waals surface area (Å²) in [6.45, 7) is 5.88. The highest BCUT2D eigenvalue weighted by atomic mass is 16.6. The third-order valence-electron chi connectivity index (χ3n) is 4.37. The number of carbonyl (C=O) groups is 4. The molecule has 0 bridgehead atoms. The fourth-order valence-corrected chi connectivity index (χ4v) is 2.85. The van der Waals surface area contributed by atoms with Crippen LogP contribution in [0.5, 0.6) is 11.5 Å². The molecule has 1 N–H and O–H groups in total. The van der Waals surface area contributed by atoms with E-state index >= 15 is 0 Å². The van der Waals surface area contributed by atoms with Gasteiger partial charge in [-0.3, -0.25) is 14.9 Å². The molecular formula is C25H29NO8. The average molecular weight is 472 g/mol. The number of ketones is 1. The van der Waals surface area contributed by atoms with Crippen LogP contribution in [0.2, 0.25) is 0 Å². The Labute approximate surface area is 198 Å². The summed E-state index contributed by atoms with van der Waals surface area (Å²) in [4.78, 5) is 48.9. The van der Waals surface area contributed by atoms with E-state index in [4.69, 9.17) is 14.2 Å². The molecule has 2 amide bonds. The molecule has 0 unspecified atom stereocenters. The van der Waals surface area contributed by atoms with Crippen LogP contribution in [0.3, 0.4) is 0 Å². The van der Waals surface area contributed by atoms with Crippen LogP contribution in [0.4, 0.5) is 4.79 Å². The standard InChI is InChI=1S/C25H29NO8/c1-4-13-32-20-12-11-17(15-21(20)33-14-5-2)23(28)18-9-7-8-10-19(18)24(29)34-16-22(27)26-25(30)31-6-3/h7-12,15H,4-6,13-14,16H2,1-3H3,(H,26,27,30). The van der Waals surface area contributed by atoms with Gasteiger partial charge in [0.1, 0.15) is 0 Å². The van der Waals surface area contributed by atoms with E-state index in [-0.39, 0.29) is 17.7 Å². The van der Waals surface area contributed by atoms with Crippen molar-refractivity contribution in [2.24, 2.45) is 0 Å². The molecule has 2 aromatic rings. The van der Waals surface area contributed by atoms with Crippen molar-refractivity contribution in [1.29, 1.82) is 0 Å². The van der Waals surface area contributed by atoms with Gasteiger partial charge in [0, 0.05) is 11.1 Å². The number of nitrogens with one attached hydrogen (secondary N) is 1. The summed E-state index contributed by atoms with van der Waals surface area (Å²) >= 11 is 0. The van der Waals surface area contributed by atoms with Gasteiger partial charge in [0.2, 0.25) is 0 Å². The molecule has 0 aliphatic heterocycles. The molecule has 0 fully saturated rings. The van der Waals surface area contributed by atoms with E-state index in [1.807, 2.05) is 19.2 Å². The zero-order chi connectivity index (χ0) is 24.9. The van der Waals surface area contributed by atoms with Crippen molar-refractivity contribution < 1.29 is 38.1 Å². The van der Waals surface area contributed by atoms with E-state index in [0.29, 0.717) is 30.3 Å². The first-order valence-corrected chi connectivity index (χ1v) is 11.1. The van der Waals surface area contributed by atoms with Gasteiger partial charge in [0.05, 0.1) is 25.4 Å². The summed E-state index contributed by atoms with van der Waals surface area (Å²) in [5, 5.41) is 1.92. The highest BCUT2D eigenvalue weighted by Gasteiger charge is 2.21. The third-order valence-corrected chi connectivity index (χ3v) is 4.37. The van der Waals surface area contributed by atoms with Crippen LogP contribution < -0.4 is 14.8 Å². The number of alkyl carbamates (subject to hydrolysis) is 1. The fourth-order valence-electron chi connectivity index (χ4n) is 2.85. The van der Waals surface area contributed by atoms with Crippen molar-refractivity contribution in [3.8, 4) is 11.5 Å². The van der Waals surface area contributed by atoms with E-state index in [1.54, 1.807) is 37.3 Å². The van der Waals surface area contributed by atoms with Crippen LogP contribution in [0.15, 0.2) is 42.5 Å². The van der Waals surface area contributed by atoms with E-state index in [2.05, 4.69) is 4.74 Å². The van der Waals surface area contributed by atoms with Gasteiger partial charge in [-0.25, -0.2) is 9.59 Å². The number of ether oxygens (including phenoxy) is 4. The summed E-state index contributed by atoms with van der Waals surface area (Å²) in [7, 11) is 0. The summed E-state index contributed by atoms with van der Waals surface area (Å²) in [5.41, 5.74) is 0.385. The van der Waals surface area contributed by atoms with Crippen molar-refractivity contribution >= 4 is 23.8 Å². The van der Waals surface area contributed by atoms with Crippen molar-refractivity contribution in [2.75, 3.05) is 26.4 Å². The molecule has 0 radical (unpaired) electrons. The first kappa shape index (κ1) is 26.4.